The monoisotopic (exact) mass is 268 g/mol. The van der Waals surface area contributed by atoms with Crippen molar-refractivity contribution in [2.45, 2.75) is 12.2 Å². The molecule has 0 aliphatic rings. The molecule has 90 valence electrons. The van der Waals surface area contributed by atoms with Crippen LogP contribution >= 0.6 is 11.6 Å². The third-order valence-corrected chi connectivity index (χ3v) is 3.99. The number of alkyl halides is 1. The number of rotatable bonds is 5. The Morgan fingerprint density at radius 1 is 1.31 bits per heavy atom. The van der Waals surface area contributed by atoms with Gasteiger partial charge in [-0.3, -0.25) is 4.39 Å². The second-order valence-corrected chi connectivity index (χ2v) is 5.96. The van der Waals surface area contributed by atoms with Gasteiger partial charge in [0.1, 0.15) is 5.82 Å². The standard InChI is InChI=1S/C10H11ClF2O2S/c11-10-6-9(13)3-2-8(10)7-16(14,15)5-1-4-12/h2-3,6H,1,4-5,7H2. The number of sulfone groups is 1. The van der Waals surface area contributed by atoms with Crippen LogP contribution in [0.4, 0.5) is 8.78 Å². The minimum atomic E-state index is -3.38. The van der Waals surface area contributed by atoms with Crippen LogP contribution in [0.15, 0.2) is 18.2 Å². The molecular weight excluding hydrogens is 258 g/mol. The molecule has 16 heavy (non-hydrogen) atoms. The molecule has 1 aromatic carbocycles. The number of hydrogen-bond donors (Lipinski definition) is 0. The van der Waals surface area contributed by atoms with Crippen LogP contribution in [0.5, 0.6) is 0 Å². The van der Waals surface area contributed by atoms with Crippen LogP contribution in [0.2, 0.25) is 5.02 Å². The van der Waals surface area contributed by atoms with E-state index >= 15 is 0 Å². The van der Waals surface area contributed by atoms with Gasteiger partial charge in [0.2, 0.25) is 0 Å². The molecule has 6 heteroatoms. The Labute approximate surface area is 98.2 Å². The highest BCUT2D eigenvalue weighted by molar-refractivity contribution is 7.90. The van der Waals surface area contributed by atoms with E-state index < -0.39 is 22.3 Å². The van der Waals surface area contributed by atoms with Gasteiger partial charge >= 0.3 is 0 Å². The largest absolute Gasteiger partial charge is 0.251 e. The highest BCUT2D eigenvalue weighted by Gasteiger charge is 2.14. The van der Waals surface area contributed by atoms with Crippen molar-refractivity contribution in [3.63, 3.8) is 0 Å². The number of benzene rings is 1. The molecule has 0 N–H and O–H groups in total. The van der Waals surface area contributed by atoms with Crippen molar-refractivity contribution < 1.29 is 17.2 Å². The smallest absolute Gasteiger partial charge is 0.154 e. The van der Waals surface area contributed by atoms with E-state index in [1.54, 1.807) is 0 Å². The summed E-state index contributed by atoms with van der Waals surface area (Å²) < 4.78 is 47.5. The van der Waals surface area contributed by atoms with E-state index in [0.717, 1.165) is 12.1 Å². The van der Waals surface area contributed by atoms with Gasteiger partial charge in [0, 0.05) is 5.02 Å². The third-order valence-electron chi connectivity index (χ3n) is 1.98. The molecule has 0 bridgehead atoms. The zero-order valence-corrected chi connectivity index (χ0v) is 9.99. The molecule has 0 amide bonds. The molecule has 0 fully saturated rings. The molecule has 0 atom stereocenters. The van der Waals surface area contributed by atoms with Crippen molar-refractivity contribution in [3.8, 4) is 0 Å². The van der Waals surface area contributed by atoms with Crippen LogP contribution in [-0.2, 0) is 15.6 Å². The summed E-state index contributed by atoms with van der Waals surface area (Å²) in [6.45, 7) is -0.670. The molecule has 0 unspecified atom stereocenters. The Morgan fingerprint density at radius 3 is 2.56 bits per heavy atom. The summed E-state index contributed by atoms with van der Waals surface area (Å²) in [5.74, 6) is -1.03. The van der Waals surface area contributed by atoms with Crippen LogP contribution in [-0.4, -0.2) is 20.8 Å². The maximum Gasteiger partial charge on any atom is 0.154 e. The first kappa shape index (κ1) is 13.4. The van der Waals surface area contributed by atoms with E-state index in [9.17, 15) is 17.2 Å². The van der Waals surface area contributed by atoms with Crippen molar-refractivity contribution in [1.29, 1.82) is 0 Å². The Hall–Kier alpha value is -0.680. The zero-order valence-electron chi connectivity index (χ0n) is 8.42. The van der Waals surface area contributed by atoms with Crippen molar-refractivity contribution in [3.05, 3.63) is 34.6 Å². The average molecular weight is 269 g/mol. The van der Waals surface area contributed by atoms with E-state index in [0.29, 0.717) is 5.56 Å². The van der Waals surface area contributed by atoms with Gasteiger partial charge in [-0.05, 0) is 24.1 Å². The lowest BCUT2D eigenvalue weighted by Gasteiger charge is -2.05. The lowest BCUT2D eigenvalue weighted by Crippen LogP contribution is -2.10. The fourth-order valence-corrected chi connectivity index (χ4v) is 2.95. The zero-order chi connectivity index (χ0) is 12.2. The van der Waals surface area contributed by atoms with Gasteiger partial charge in [0.15, 0.2) is 9.84 Å². The molecule has 0 aromatic heterocycles. The van der Waals surface area contributed by atoms with Gasteiger partial charge in [-0.2, -0.15) is 0 Å². The maximum absolute atomic E-state index is 12.7. The Balaban J connectivity index is 2.80. The molecule has 0 aliphatic heterocycles. The minimum Gasteiger partial charge on any atom is -0.251 e. The minimum absolute atomic E-state index is 0.0266. The molecular formula is C10H11ClF2O2S. The first-order chi connectivity index (χ1) is 7.44. The Bertz CT molecular complexity index is 460. The molecule has 0 saturated heterocycles. The van der Waals surface area contributed by atoms with Gasteiger partial charge in [-0.1, -0.05) is 17.7 Å². The van der Waals surface area contributed by atoms with Crippen LogP contribution < -0.4 is 0 Å². The number of hydrogen-bond acceptors (Lipinski definition) is 2. The van der Waals surface area contributed by atoms with Crippen LogP contribution in [0.1, 0.15) is 12.0 Å². The van der Waals surface area contributed by atoms with Crippen LogP contribution in [0.3, 0.4) is 0 Å². The van der Waals surface area contributed by atoms with E-state index in [4.69, 9.17) is 11.6 Å². The van der Waals surface area contributed by atoms with Gasteiger partial charge in [-0.15, -0.1) is 0 Å². The van der Waals surface area contributed by atoms with Gasteiger partial charge in [0.05, 0.1) is 18.2 Å². The van der Waals surface area contributed by atoms with E-state index in [1.807, 2.05) is 0 Å². The lowest BCUT2D eigenvalue weighted by molar-refractivity contribution is 0.484. The topological polar surface area (TPSA) is 34.1 Å². The van der Waals surface area contributed by atoms with Crippen molar-refractivity contribution >= 4 is 21.4 Å². The summed E-state index contributed by atoms with van der Waals surface area (Å²) in [6, 6.07) is 3.53. The SMILES string of the molecule is O=S(=O)(CCCF)Cc1ccc(F)cc1Cl. The predicted molar refractivity (Wildman–Crippen MR) is 59.5 cm³/mol. The van der Waals surface area contributed by atoms with Gasteiger partial charge < -0.3 is 0 Å². The summed E-state index contributed by atoms with van der Waals surface area (Å²) in [6.07, 6.45) is -0.0266. The van der Waals surface area contributed by atoms with E-state index in [-0.39, 0.29) is 22.9 Å². The predicted octanol–water partition coefficient (Wildman–Crippen LogP) is 2.75. The average Bonchev–Trinajstić information content (AvgIpc) is 2.19. The quantitative estimate of drug-likeness (QED) is 0.823. The molecule has 0 heterocycles. The molecule has 1 rings (SSSR count). The fraction of sp³-hybridized carbons (Fsp3) is 0.400. The highest BCUT2D eigenvalue weighted by atomic mass is 35.5. The molecule has 0 radical (unpaired) electrons. The third kappa shape index (κ3) is 4.06. The molecule has 0 aliphatic carbocycles. The lowest BCUT2D eigenvalue weighted by atomic mass is 10.2. The number of halogens is 3. The fourth-order valence-electron chi connectivity index (χ4n) is 1.22. The summed E-state index contributed by atoms with van der Waals surface area (Å²) >= 11 is 5.69. The highest BCUT2D eigenvalue weighted by Crippen LogP contribution is 2.20. The summed E-state index contributed by atoms with van der Waals surface area (Å²) in [7, 11) is -3.38. The normalized spacial score (nSPS) is 11.7. The van der Waals surface area contributed by atoms with Crippen molar-refractivity contribution in [2.75, 3.05) is 12.4 Å². The first-order valence-electron chi connectivity index (χ1n) is 4.65. The van der Waals surface area contributed by atoms with Crippen LogP contribution in [0.25, 0.3) is 0 Å². The van der Waals surface area contributed by atoms with Crippen LogP contribution in [0, 0.1) is 5.82 Å². The van der Waals surface area contributed by atoms with E-state index in [1.165, 1.54) is 6.07 Å². The summed E-state index contributed by atoms with van der Waals surface area (Å²) in [5, 5.41) is 0.0730. The summed E-state index contributed by atoms with van der Waals surface area (Å²) in [5.41, 5.74) is 0.335. The summed E-state index contributed by atoms with van der Waals surface area (Å²) in [4.78, 5) is 0. The molecule has 2 nitrogen and oxygen atoms in total. The first-order valence-corrected chi connectivity index (χ1v) is 6.85. The maximum atomic E-state index is 12.7. The molecule has 1 aromatic rings. The Morgan fingerprint density at radius 2 is 2.00 bits per heavy atom. The molecule has 0 spiro atoms. The van der Waals surface area contributed by atoms with E-state index in [2.05, 4.69) is 0 Å². The van der Waals surface area contributed by atoms with Gasteiger partial charge in [-0.25, -0.2) is 12.8 Å². The van der Waals surface area contributed by atoms with Gasteiger partial charge in [0.25, 0.3) is 0 Å². The second kappa shape index (κ2) is 5.59. The van der Waals surface area contributed by atoms with Crippen molar-refractivity contribution in [2.24, 2.45) is 0 Å². The second-order valence-electron chi connectivity index (χ2n) is 3.37. The molecule has 0 saturated carbocycles. The Kier molecular flexibility index (Phi) is 4.68. The van der Waals surface area contributed by atoms with Crippen molar-refractivity contribution in [1.82, 2.24) is 0 Å².